The fourth-order valence-corrected chi connectivity index (χ4v) is 2.29. The average Bonchev–Trinajstić information content (AvgIpc) is 2.61. The van der Waals surface area contributed by atoms with E-state index in [2.05, 4.69) is 13.8 Å². The average molecular weight is 214 g/mol. The van der Waals surface area contributed by atoms with Crippen molar-refractivity contribution < 1.29 is 14.3 Å². The first kappa shape index (κ1) is 12.5. The Morgan fingerprint density at radius 3 is 2.73 bits per heavy atom. The van der Waals surface area contributed by atoms with Gasteiger partial charge in [0.1, 0.15) is 0 Å². The Morgan fingerprint density at radius 2 is 2.27 bits per heavy atom. The van der Waals surface area contributed by atoms with Gasteiger partial charge in [-0.1, -0.05) is 33.1 Å². The van der Waals surface area contributed by atoms with Crippen molar-refractivity contribution >= 4 is 5.97 Å². The number of carbonyl (C=O) groups is 1. The molecule has 0 aliphatic carbocycles. The van der Waals surface area contributed by atoms with E-state index in [-0.39, 0.29) is 17.3 Å². The molecule has 0 bridgehead atoms. The van der Waals surface area contributed by atoms with E-state index in [1.807, 2.05) is 0 Å². The summed E-state index contributed by atoms with van der Waals surface area (Å²) in [5.41, 5.74) is -0.371. The molecule has 88 valence electrons. The lowest BCUT2D eigenvalue weighted by atomic mass is 9.75. The Morgan fingerprint density at radius 1 is 1.53 bits per heavy atom. The number of ether oxygens (including phenoxy) is 2. The maximum atomic E-state index is 11.8. The van der Waals surface area contributed by atoms with Gasteiger partial charge in [0.05, 0.1) is 25.7 Å². The summed E-state index contributed by atoms with van der Waals surface area (Å²) >= 11 is 0. The summed E-state index contributed by atoms with van der Waals surface area (Å²) in [7, 11) is 1.47. The van der Waals surface area contributed by atoms with Crippen LogP contribution in [0, 0.1) is 11.3 Å². The number of hydrogen-bond donors (Lipinski definition) is 0. The molecule has 0 saturated carbocycles. The molecule has 3 heteroatoms. The normalized spacial score (nSPS) is 30.5. The highest BCUT2D eigenvalue weighted by Crippen LogP contribution is 2.40. The Balaban J connectivity index is 2.64. The SMILES string of the molecule is CCCCC[C@@]1(C(=O)OC)COC[C@H]1C. The standard InChI is InChI=1S/C12H22O3/c1-4-5-6-7-12(11(13)14-3)9-15-8-10(12)2/h10H,4-9H2,1-3H3/t10-,12-/m1/s1. The predicted octanol–water partition coefficient (Wildman–Crippen LogP) is 2.39. The van der Waals surface area contributed by atoms with E-state index in [1.54, 1.807) is 0 Å². The topological polar surface area (TPSA) is 35.5 Å². The maximum absolute atomic E-state index is 11.8. The van der Waals surface area contributed by atoms with Gasteiger partial charge in [0.2, 0.25) is 0 Å². The van der Waals surface area contributed by atoms with Gasteiger partial charge in [0, 0.05) is 0 Å². The van der Waals surface area contributed by atoms with Crippen LogP contribution in [0.1, 0.15) is 39.5 Å². The molecule has 0 amide bonds. The van der Waals surface area contributed by atoms with Crippen molar-refractivity contribution in [3.63, 3.8) is 0 Å². The maximum Gasteiger partial charge on any atom is 0.314 e. The van der Waals surface area contributed by atoms with Crippen molar-refractivity contribution in [1.82, 2.24) is 0 Å². The first-order valence-electron chi connectivity index (χ1n) is 5.83. The van der Waals surface area contributed by atoms with Gasteiger partial charge in [-0.25, -0.2) is 0 Å². The van der Waals surface area contributed by atoms with Crippen LogP contribution in [0.4, 0.5) is 0 Å². The molecule has 0 aromatic carbocycles. The molecule has 0 radical (unpaired) electrons. The van der Waals surface area contributed by atoms with Crippen molar-refractivity contribution in [3.05, 3.63) is 0 Å². The van der Waals surface area contributed by atoms with Gasteiger partial charge < -0.3 is 9.47 Å². The largest absolute Gasteiger partial charge is 0.469 e. The van der Waals surface area contributed by atoms with E-state index >= 15 is 0 Å². The first-order chi connectivity index (χ1) is 7.17. The number of hydrogen-bond acceptors (Lipinski definition) is 3. The molecular formula is C12H22O3. The molecule has 0 N–H and O–H groups in total. The second kappa shape index (κ2) is 5.50. The number of rotatable bonds is 5. The van der Waals surface area contributed by atoms with Gasteiger partial charge in [-0.3, -0.25) is 4.79 Å². The number of esters is 1. The van der Waals surface area contributed by atoms with E-state index < -0.39 is 0 Å². The van der Waals surface area contributed by atoms with Crippen LogP contribution in [0.3, 0.4) is 0 Å². The Bertz CT molecular complexity index is 215. The molecule has 0 unspecified atom stereocenters. The van der Waals surface area contributed by atoms with Crippen LogP contribution in [0.5, 0.6) is 0 Å². The Labute approximate surface area is 92.1 Å². The minimum Gasteiger partial charge on any atom is -0.469 e. The Hall–Kier alpha value is -0.570. The third-order valence-electron chi connectivity index (χ3n) is 3.49. The molecule has 0 aromatic heterocycles. The number of unbranched alkanes of at least 4 members (excludes halogenated alkanes) is 2. The fourth-order valence-electron chi connectivity index (χ4n) is 2.29. The van der Waals surface area contributed by atoms with Crippen molar-refractivity contribution in [2.24, 2.45) is 11.3 Å². The smallest absolute Gasteiger partial charge is 0.314 e. The summed E-state index contributed by atoms with van der Waals surface area (Å²) in [6.45, 7) is 5.46. The highest BCUT2D eigenvalue weighted by atomic mass is 16.5. The molecule has 1 saturated heterocycles. The zero-order chi connectivity index (χ0) is 11.3. The van der Waals surface area contributed by atoms with Gasteiger partial charge in [-0.05, 0) is 12.3 Å². The lowest BCUT2D eigenvalue weighted by molar-refractivity contribution is -0.155. The van der Waals surface area contributed by atoms with Gasteiger partial charge >= 0.3 is 5.97 Å². The second-order valence-electron chi connectivity index (χ2n) is 4.52. The highest BCUT2D eigenvalue weighted by Gasteiger charge is 2.48. The van der Waals surface area contributed by atoms with Crippen LogP contribution in [-0.4, -0.2) is 26.3 Å². The molecule has 1 aliphatic heterocycles. The van der Waals surface area contributed by atoms with Crippen LogP contribution in [-0.2, 0) is 14.3 Å². The molecule has 2 atom stereocenters. The van der Waals surface area contributed by atoms with E-state index in [0.29, 0.717) is 13.2 Å². The summed E-state index contributed by atoms with van der Waals surface area (Å²) in [5, 5.41) is 0. The molecule has 1 rings (SSSR count). The molecular weight excluding hydrogens is 192 g/mol. The zero-order valence-corrected chi connectivity index (χ0v) is 10.0. The zero-order valence-electron chi connectivity index (χ0n) is 10.0. The molecule has 1 aliphatic rings. The van der Waals surface area contributed by atoms with E-state index in [9.17, 15) is 4.79 Å². The number of methoxy groups -OCH3 is 1. The van der Waals surface area contributed by atoms with E-state index in [1.165, 1.54) is 20.0 Å². The summed E-state index contributed by atoms with van der Waals surface area (Å²) in [6, 6.07) is 0. The third-order valence-corrected chi connectivity index (χ3v) is 3.49. The van der Waals surface area contributed by atoms with E-state index in [4.69, 9.17) is 9.47 Å². The summed E-state index contributed by atoms with van der Waals surface area (Å²) < 4.78 is 10.3. The molecule has 1 heterocycles. The van der Waals surface area contributed by atoms with Crippen LogP contribution in [0.15, 0.2) is 0 Å². The predicted molar refractivity (Wildman–Crippen MR) is 58.6 cm³/mol. The van der Waals surface area contributed by atoms with Crippen LogP contribution in [0.2, 0.25) is 0 Å². The third kappa shape index (κ3) is 2.51. The minimum atomic E-state index is -0.371. The van der Waals surface area contributed by atoms with Crippen molar-refractivity contribution in [3.8, 4) is 0 Å². The fraction of sp³-hybridized carbons (Fsp3) is 0.917. The van der Waals surface area contributed by atoms with Crippen LogP contribution in [0.25, 0.3) is 0 Å². The monoisotopic (exact) mass is 214 g/mol. The first-order valence-corrected chi connectivity index (χ1v) is 5.83. The lowest BCUT2D eigenvalue weighted by Gasteiger charge is -2.28. The second-order valence-corrected chi connectivity index (χ2v) is 4.52. The molecule has 3 nitrogen and oxygen atoms in total. The van der Waals surface area contributed by atoms with Gasteiger partial charge in [-0.2, -0.15) is 0 Å². The highest BCUT2D eigenvalue weighted by molar-refractivity contribution is 5.77. The molecule has 0 aromatic rings. The van der Waals surface area contributed by atoms with Gasteiger partial charge in [-0.15, -0.1) is 0 Å². The van der Waals surface area contributed by atoms with Crippen molar-refractivity contribution in [1.29, 1.82) is 0 Å². The van der Waals surface area contributed by atoms with Gasteiger partial charge in [0.25, 0.3) is 0 Å². The van der Waals surface area contributed by atoms with Gasteiger partial charge in [0.15, 0.2) is 0 Å². The van der Waals surface area contributed by atoms with E-state index in [0.717, 1.165) is 12.8 Å². The molecule has 1 fully saturated rings. The lowest BCUT2D eigenvalue weighted by Crippen LogP contribution is -2.38. The molecule has 0 spiro atoms. The minimum absolute atomic E-state index is 0.0939. The quantitative estimate of drug-likeness (QED) is 0.520. The summed E-state index contributed by atoms with van der Waals surface area (Å²) in [6.07, 6.45) is 4.33. The van der Waals surface area contributed by atoms with Crippen LogP contribution < -0.4 is 0 Å². The Kier molecular flexibility index (Phi) is 4.58. The summed E-state index contributed by atoms with van der Waals surface area (Å²) in [4.78, 5) is 11.8. The van der Waals surface area contributed by atoms with Crippen LogP contribution >= 0.6 is 0 Å². The van der Waals surface area contributed by atoms with Crippen molar-refractivity contribution in [2.45, 2.75) is 39.5 Å². The molecule has 15 heavy (non-hydrogen) atoms. The number of carbonyl (C=O) groups excluding carboxylic acids is 1. The van der Waals surface area contributed by atoms with Crippen molar-refractivity contribution in [2.75, 3.05) is 20.3 Å². The summed E-state index contributed by atoms with van der Waals surface area (Å²) in [5.74, 6) is 0.186.